The molecule has 0 saturated carbocycles. The summed E-state index contributed by atoms with van der Waals surface area (Å²) in [5.74, 6) is -0.153. The first-order valence-electron chi connectivity index (χ1n) is 11.1. The largest absolute Gasteiger partial charge is 0.451 e. The van der Waals surface area contributed by atoms with Crippen LogP contribution in [0.4, 0.5) is 5.69 Å². The molecule has 6 nitrogen and oxygen atoms in total. The van der Waals surface area contributed by atoms with Crippen molar-refractivity contribution in [2.24, 2.45) is 5.10 Å². The zero-order valence-electron chi connectivity index (χ0n) is 19.7. The maximum absolute atomic E-state index is 12.7. The third kappa shape index (κ3) is 3.83. The fraction of sp³-hybridized carbons (Fsp3) is 0.143. The summed E-state index contributed by atoms with van der Waals surface area (Å²) < 4.78 is 7.95. The lowest BCUT2D eigenvalue weighted by Gasteiger charge is -2.14. The van der Waals surface area contributed by atoms with Crippen molar-refractivity contribution in [3.63, 3.8) is 0 Å². The first-order valence-corrected chi connectivity index (χ1v) is 11.1. The van der Waals surface area contributed by atoms with Crippen LogP contribution in [0.2, 0.25) is 0 Å². The zero-order chi connectivity index (χ0) is 23.8. The number of aromatic nitrogens is 1. The molecular formula is C28H26N4O2. The second-order valence-corrected chi connectivity index (χ2v) is 8.58. The summed E-state index contributed by atoms with van der Waals surface area (Å²) in [6.07, 6.45) is 1.67. The Morgan fingerprint density at radius 3 is 2.50 bits per heavy atom. The molecule has 0 unspecified atom stereocenters. The lowest BCUT2D eigenvalue weighted by Crippen LogP contribution is -2.16. The van der Waals surface area contributed by atoms with Crippen LogP contribution >= 0.6 is 0 Å². The van der Waals surface area contributed by atoms with E-state index in [1.807, 2.05) is 57.4 Å². The van der Waals surface area contributed by atoms with Crippen LogP contribution in [0.1, 0.15) is 27.5 Å². The Morgan fingerprint density at radius 2 is 1.74 bits per heavy atom. The molecule has 0 aliphatic rings. The number of benzene rings is 3. The van der Waals surface area contributed by atoms with Gasteiger partial charge in [-0.05, 0) is 67.1 Å². The zero-order valence-corrected chi connectivity index (χ0v) is 19.7. The van der Waals surface area contributed by atoms with E-state index in [1.54, 1.807) is 12.3 Å². The number of amides is 1. The van der Waals surface area contributed by atoms with Crippen molar-refractivity contribution in [3.8, 4) is 5.69 Å². The molecule has 0 aliphatic carbocycles. The molecular weight excluding hydrogens is 424 g/mol. The highest BCUT2D eigenvalue weighted by Crippen LogP contribution is 2.28. The number of hydrogen-bond donors (Lipinski definition) is 1. The Balaban J connectivity index is 1.35. The van der Waals surface area contributed by atoms with E-state index >= 15 is 0 Å². The van der Waals surface area contributed by atoms with Crippen LogP contribution in [0.5, 0.6) is 0 Å². The number of fused-ring (bicyclic) bond motifs is 3. The Labute approximate surface area is 198 Å². The fourth-order valence-electron chi connectivity index (χ4n) is 4.34. The smallest absolute Gasteiger partial charge is 0.307 e. The number of carbonyl (C=O) groups is 1. The predicted octanol–water partition coefficient (Wildman–Crippen LogP) is 5.82. The molecule has 34 heavy (non-hydrogen) atoms. The quantitative estimate of drug-likeness (QED) is 0.271. The maximum Gasteiger partial charge on any atom is 0.307 e. The summed E-state index contributed by atoms with van der Waals surface area (Å²) in [6.45, 7) is 4.10. The van der Waals surface area contributed by atoms with Crippen molar-refractivity contribution in [2.45, 2.75) is 13.8 Å². The van der Waals surface area contributed by atoms with Crippen molar-refractivity contribution in [1.82, 2.24) is 9.99 Å². The first-order chi connectivity index (χ1) is 16.4. The van der Waals surface area contributed by atoms with Gasteiger partial charge >= 0.3 is 5.91 Å². The summed E-state index contributed by atoms with van der Waals surface area (Å²) in [5.41, 5.74) is 8.57. The number of hydrogen-bond acceptors (Lipinski definition) is 4. The van der Waals surface area contributed by atoms with Gasteiger partial charge in [-0.15, -0.1) is 0 Å². The second kappa shape index (κ2) is 8.56. The van der Waals surface area contributed by atoms with Crippen LogP contribution in [0.15, 0.2) is 82.3 Å². The molecule has 0 radical (unpaired) electrons. The molecule has 2 aromatic heterocycles. The van der Waals surface area contributed by atoms with E-state index in [2.05, 4.69) is 57.2 Å². The Hall–Kier alpha value is -4.32. The molecule has 0 atom stereocenters. The van der Waals surface area contributed by atoms with Gasteiger partial charge in [0.25, 0.3) is 0 Å². The molecule has 1 N–H and O–H groups in total. The summed E-state index contributed by atoms with van der Waals surface area (Å²) in [4.78, 5) is 14.8. The number of furan rings is 1. The highest BCUT2D eigenvalue weighted by atomic mass is 16.3. The van der Waals surface area contributed by atoms with Gasteiger partial charge in [-0.1, -0.05) is 30.3 Å². The Morgan fingerprint density at radius 1 is 0.971 bits per heavy atom. The van der Waals surface area contributed by atoms with Crippen LogP contribution < -0.4 is 10.3 Å². The topological polar surface area (TPSA) is 62.8 Å². The maximum atomic E-state index is 12.7. The van der Waals surface area contributed by atoms with E-state index in [0.717, 1.165) is 44.5 Å². The number of hydrazone groups is 1. The summed E-state index contributed by atoms with van der Waals surface area (Å²) >= 11 is 0. The van der Waals surface area contributed by atoms with Crippen LogP contribution in [0.3, 0.4) is 0 Å². The van der Waals surface area contributed by atoms with Crippen LogP contribution in [-0.2, 0) is 0 Å². The minimum absolute atomic E-state index is 0.231. The van der Waals surface area contributed by atoms with Gasteiger partial charge in [-0.2, -0.15) is 5.10 Å². The highest BCUT2D eigenvalue weighted by Gasteiger charge is 2.14. The third-order valence-corrected chi connectivity index (χ3v) is 6.11. The van der Waals surface area contributed by atoms with Gasteiger partial charge in [-0.25, -0.2) is 5.43 Å². The highest BCUT2D eigenvalue weighted by molar-refractivity contribution is 6.08. The van der Waals surface area contributed by atoms with E-state index in [1.165, 1.54) is 0 Å². The average Bonchev–Trinajstić information content (AvgIpc) is 3.40. The number of rotatable bonds is 5. The fourth-order valence-corrected chi connectivity index (χ4v) is 4.34. The molecule has 0 spiro atoms. The molecule has 0 aliphatic heterocycles. The van der Waals surface area contributed by atoms with Crippen molar-refractivity contribution in [3.05, 3.63) is 95.5 Å². The van der Waals surface area contributed by atoms with Gasteiger partial charge < -0.3 is 13.9 Å². The molecule has 5 aromatic rings. The molecule has 6 heteroatoms. The normalized spacial score (nSPS) is 11.5. The van der Waals surface area contributed by atoms with Crippen LogP contribution in [-0.4, -0.2) is 30.8 Å². The van der Waals surface area contributed by atoms with Gasteiger partial charge in [0.2, 0.25) is 0 Å². The summed E-state index contributed by atoms with van der Waals surface area (Å²) in [6, 6.07) is 24.1. The van der Waals surface area contributed by atoms with Crippen LogP contribution in [0.25, 0.3) is 27.4 Å². The number of anilines is 1. The number of carbonyl (C=O) groups excluding carboxylic acids is 1. The van der Waals surface area contributed by atoms with Crippen molar-refractivity contribution < 1.29 is 9.21 Å². The molecule has 1 amide bonds. The van der Waals surface area contributed by atoms with Gasteiger partial charge in [0.05, 0.1) is 6.21 Å². The average molecular weight is 451 g/mol. The van der Waals surface area contributed by atoms with Gasteiger partial charge in [0.15, 0.2) is 5.76 Å². The van der Waals surface area contributed by atoms with E-state index in [9.17, 15) is 4.79 Å². The SMILES string of the molecule is Cc1cc(/C=N/NC(=O)c2cc3c(ccc4ccccc43)o2)c(C)n1-c1ccc(N(C)C)cc1. The molecule has 0 fully saturated rings. The summed E-state index contributed by atoms with van der Waals surface area (Å²) in [5, 5.41) is 7.26. The van der Waals surface area contributed by atoms with Gasteiger partial charge in [-0.3, -0.25) is 4.79 Å². The van der Waals surface area contributed by atoms with Gasteiger partial charge in [0, 0.05) is 47.8 Å². The molecule has 2 heterocycles. The molecule has 170 valence electrons. The van der Waals surface area contributed by atoms with Crippen molar-refractivity contribution >= 4 is 39.6 Å². The first kappa shape index (κ1) is 21.5. The van der Waals surface area contributed by atoms with E-state index in [-0.39, 0.29) is 11.7 Å². The minimum atomic E-state index is -0.385. The molecule has 0 saturated heterocycles. The van der Waals surface area contributed by atoms with Crippen molar-refractivity contribution in [2.75, 3.05) is 19.0 Å². The van der Waals surface area contributed by atoms with Gasteiger partial charge in [0.1, 0.15) is 5.58 Å². The number of nitrogens with one attached hydrogen (secondary N) is 1. The Kier molecular flexibility index (Phi) is 5.42. The van der Waals surface area contributed by atoms with Crippen LogP contribution in [0, 0.1) is 13.8 Å². The standard InChI is InChI=1S/C28H26N4O2/c1-18-15-21(19(2)32(18)23-12-10-22(11-13-23)31(3)4)17-29-30-28(33)27-16-25-24-8-6-5-7-20(24)9-14-26(25)34-27/h5-17H,1-4H3,(H,30,33)/b29-17+. The Bertz CT molecular complexity index is 1540. The molecule has 0 bridgehead atoms. The second-order valence-electron chi connectivity index (χ2n) is 8.58. The molecule has 3 aromatic carbocycles. The number of nitrogens with zero attached hydrogens (tertiary/aromatic N) is 3. The number of aryl methyl sites for hydroxylation is 1. The van der Waals surface area contributed by atoms with E-state index in [4.69, 9.17) is 4.42 Å². The third-order valence-electron chi connectivity index (χ3n) is 6.11. The predicted molar refractivity (Wildman–Crippen MR) is 138 cm³/mol. The monoisotopic (exact) mass is 450 g/mol. The molecule has 5 rings (SSSR count). The van der Waals surface area contributed by atoms with Crippen molar-refractivity contribution in [1.29, 1.82) is 0 Å². The van der Waals surface area contributed by atoms with E-state index in [0.29, 0.717) is 5.58 Å². The lowest BCUT2D eigenvalue weighted by molar-refractivity contribution is 0.0929. The lowest BCUT2D eigenvalue weighted by atomic mass is 10.1. The van der Waals surface area contributed by atoms with E-state index < -0.39 is 0 Å². The summed E-state index contributed by atoms with van der Waals surface area (Å²) in [7, 11) is 4.05. The minimum Gasteiger partial charge on any atom is -0.451 e.